The highest BCUT2D eigenvalue weighted by atomic mass is 127. The Hall–Kier alpha value is -0.400. The summed E-state index contributed by atoms with van der Waals surface area (Å²) in [5.74, 6) is -0.128. The molecule has 1 amide bonds. The molecule has 0 saturated heterocycles. The lowest BCUT2D eigenvalue weighted by atomic mass is 10.2. The molecule has 0 fully saturated rings. The highest BCUT2D eigenvalue weighted by Crippen LogP contribution is 2.26. The lowest BCUT2D eigenvalue weighted by Gasteiger charge is -2.10. The first-order chi connectivity index (χ1) is 8.97. The summed E-state index contributed by atoms with van der Waals surface area (Å²) in [5.41, 5.74) is 2.50. The van der Waals surface area contributed by atoms with Crippen LogP contribution < -0.4 is 5.32 Å². The van der Waals surface area contributed by atoms with Crippen LogP contribution in [-0.4, -0.2) is 5.91 Å². The number of amides is 1. The Morgan fingerprint density at radius 3 is 2.53 bits per heavy atom. The smallest absolute Gasteiger partial charge is 0.256 e. The minimum atomic E-state index is -0.128. The molecule has 2 aromatic rings. The average Bonchev–Trinajstić information content (AvgIpc) is 2.36. The number of hydrogen-bond donors (Lipinski definition) is 1. The van der Waals surface area contributed by atoms with E-state index in [1.807, 2.05) is 43.3 Å². The van der Waals surface area contributed by atoms with Crippen molar-refractivity contribution in [3.05, 3.63) is 60.0 Å². The van der Waals surface area contributed by atoms with Crippen LogP contribution in [-0.2, 0) is 0 Å². The van der Waals surface area contributed by atoms with Crippen LogP contribution in [0.15, 0.2) is 45.3 Å². The van der Waals surface area contributed by atoms with Gasteiger partial charge in [-0.3, -0.25) is 4.79 Å². The number of rotatable bonds is 2. The van der Waals surface area contributed by atoms with Crippen molar-refractivity contribution in [1.29, 1.82) is 0 Å². The van der Waals surface area contributed by atoms with Gasteiger partial charge in [0.1, 0.15) is 0 Å². The van der Waals surface area contributed by atoms with Crippen molar-refractivity contribution < 1.29 is 4.79 Å². The van der Waals surface area contributed by atoms with Gasteiger partial charge >= 0.3 is 0 Å². The van der Waals surface area contributed by atoms with E-state index >= 15 is 0 Å². The van der Waals surface area contributed by atoms with E-state index in [0.29, 0.717) is 5.56 Å². The third-order valence-corrected chi connectivity index (χ3v) is 4.60. The Morgan fingerprint density at radius 1 is 1.11 bits per heavy atom. The SMILES string of the molecule is Cc1ccc(Br)c(NC(=O)c2cc(I)ccc2Br)c1. The summed E-state index contributed by atoms with van der Waals surface area (Å²) in [4.78, 5) is 12.3. The maximum Gasteiger partial charge on any atom is 0.256 e. The van der Waals surface area contributed by atoms with Gasteiger partial charge in [0, 0.05) is 12.5 Å². The van der Waals surface area contributed by atoms with Crippen LogP contribution >= 0.6 is 54.5 Å². The topological polar surface area (TPSA) is 29.1 Å². The van der Waals surface area contributed by atoms with E-state index in [0.717, 1.165) is 23.8 Å². The number of carbonyl (C=O) groups is 1. The molecule has 0 aliphatic heterocycles. The van der Waals surface area contributed by atoms with E-state index in [1.54, 1.807) is 0 Å². The molecule has 2 aromatic carbocycles. The molecule has 0 saturated carbocycles. The van der Waals surface area contributed by atoms with E-state index in [2.05, 4.69) is 59.8 Å². The monoisotopic (exact) mass is 493 g/mol. The quantitative estimate of drug-likeness (QED) is 0.558. The number of halogens is 3. The molecule has 0 spiro atoms. The van der Waals surface area contributed by atoms with Gasteiger partial charge in [0.25, 0.3) is 5.91 Å². The van der Waals surface area contributed by atoms with Crippen molar-refractivity contribution in [3.63, 3.8) is 0 Å². The fourth-order valence-corrected chi connectivity index (χ4v) is 2.86. The van der Waals surface area contributed by atoms with Crippen LogP contribution in [0.25, 0.3) is 0 Å². The van der Waals surface area contributed by atoms with Crippen molar-refractivity contribution in [2.45, 2.75) is 6.92 Å². The summed E-state index contributed by atoms with van der Waals surface area (Å²) in [6, 6.07) is 11.5. The predicted octanol–water partition coefficient (Wildman–Crippen LogP) is 5.38. The lowest BCUT2D eigenvalue weighted by molar-refractivity contribution is 0.102. The van der Waals surface area contributed by atoms with Gasteiger partial charge in [-0.1, -0.05) is 6.07 Å². The molecule has 2 rings (SSSR count). The zero-order valence-electron chi connectivity index (χ0n) is 10.0. The van der Waals surface area contributed by atoms with Gasteiger partial charge in [-0.15, -0.1) is 0 Å². The molecule has 5 heteroatoms. The van der Waals surface area contributed by atoms with Gasteiger partial charge in [0.2, 0.25) is 0 Å². The number of hydrogen-bond acceptors (Lipinski definition) is 1. The molecule has 19 heavy (non-hydrogen) atoms. The second-order valence-electron chi connectivity index (χ2n) is 4.06. The third kappa shape index (κ3) is 3.79. The summed E-state index contributed by atoms with van der Waals surface area (Å²) in [7, 11) is 0. The number of carbonyl (C=O) groups excluding carboxylic acids is 1. The molecule has 0 unspecified atom stereocenters. The highest BCUT2D eigenvalue weighted by Gasteiger charge is 2.12. The van der Waals surface area contributed by atoms with Gasteiger partial charge in [0.05, 0.1) is 11.3 Å². The Balaban J connectivity index is 2.30. The van der Waals surface area contributed by atoms with E-state index in [4.69, 9.17) is 0 Å². The molecule has 0 radical (unpaired) electrons. The second-order valence-corrected chi connectivity index (χ2v) is 7.02. The Kier molecular flexibility index (Phi) is 5.03. The number of benzene rings is 2. The minimum absolute atomic E-state index is 0.128. The van der Waals surface area contributed by atoms with Crippen molar-refractivity contribution in [1.82, 2.24) is 0 Å². The zero-order valence-corrected chi connectivity index (χ0v) is 15.3. The lowest BCUT2D eigenvalue weighted by Crippen LogP contribution is -2.13. The molecule has 0 aromatic heterocycles. The van der Waals surface area contributed by atoms with Gasteiger partial charge < -0.3 is 5.32 Å². The molecular weight excluding hydrogens is 485 g/mol. The van der Waals surface area contributed by atoms with Gasteiger partial charge in [-0.05, 0) is 97.3 Å². The zero-order chi connectivity index (χ0) is 14.0. The Morgan fingerprint density at radius 2 is 1.79 bits per heavy atom. The Labute approximate surface area is 142 Å². The molecular formula is C14H10Br2INO. The summed E-state index contributed by atoms with van der Waals surface area (Å²) in [6.07, 6.45) is 0. The van der Waals surface area contributed by atoms with Crippen LogP contribution in [0.2, 0.25) is 0 Å². The molecule has 0 aliphatic carbocycles. The minimum Gasteiger partial charge on any atom is -0.321 e. The maximum absolute atomic E-state index is 12.3. The van der Waals surface area contributed by atoms with Gasteiger partial charge in [-0.2, -0.15) is 0 Å². The standard InChI is InChI=1S/C14H10Br2INO/c1-8-2-4-12(16)13(6-8)18-14(19)10-7-9(17)3-5-11(10)15/h2-7H,1H3,(H,18,19). The fourth-order valence-electron chi connectivity index (χ4n) is 1.60. The third-order valence-electron chi connectivity index (χ3n) is 2.54. The number of anilines is 1. The first kappa shape index (κ1) is 15.0. The second kappa shape index (κ2) is 6.37. The van der Waals surface area contributed by atoms with Crippen LogP contribution in [0.3, 0.4) is 0 Å². The van der Waals surface area contributed by atoms with Crippen molar-refractivity contribution >= 4 is 66.0 Å². The predicted molar refractivity (Wildman–Crippen MR) is 93.7 cm³/mol. The largest absolute Gasteiger partial charge is 0.321 e. The van der Waals surface area contributed by atoms with Crippen LogP contribution in [0.5, 0.6) is 0 Å². The number of aryl methyl sites for hydroxylation is 1. The van der Waals surface area contributed by atoms with Crippen LogP contribution in [0, 0.1) is 10.5 Å². The first-order valence-electron chi connectivity index (χ1n) is 5.50. The fraction of sp³-hybridized carbons (Fsp3) is 0.0714. The molecule has 2 nitrogen and oxygen atoms in total. The summed E-state index contributed by atoms with van der Waals surface area (Å²) in [5, 5.41) is 2.92. The molecule has 1 N–H and O–H groups in total. The van der Waals surface area contributed by atoms with Crippen molar-refractivity contribution in [2.75, 3.05) is 5.32 Å². The van der Waals surface area contributed by atoms with Gasteiger partial charge in [-0.25, -0.2) is 0 Å². The highest BCUT2D eigenvalue weighted by molar-refractivity contribution is 14.1. The van der Waals surface area contributed by atoms with Crippen molar-refractivity contribution in [3.8, 4) is 0 Å². The van der Waals surface area contributed by atoms with E-state index in [9.17, 15) is 4.79 Å². The maximum atomic E-state index is 12.3. The summed E-state index contributed by atoms with van der Waals surface area (Å²) < 4.78 is 2.68. The first-order valence-corrected chi connectivity index (χ1v) is 8.16. The van der Waals surface area contributed by atoms with Gasteiger partial charge in [0.15, 0.2) is 0 Å². The normalized spacial score (nSPS) is 10.3. The van der Waals surface area contributed by atoms with Crippen LogP contribution in [0.1, 0.15) is 15.9 Å². The van der Waals surface area contributed by atoms with E-state index in [1.165, 1.54) is 0 Å². The molecule has 0 aliphatic rings. The Bertz CT molecular complexity index is 643. The summed E-state index contributed by atoms with van der Waals surface area (Å²) in [6.45, 7) is 1.99. The average molecular weight is 495 g/mol. The summed E-state index contributed by atoms with van der Waals surface area (Å²) >= 11 is 9.03. The number of nitrogens with one attached hydrogen (secondary N) is 1. The van der Waals surface area contributed by atoms with E-state index in [-0.39, 0.29) is 5.91 Å². The molecule has 0 atom stereocenters. The molecule has 0 bridgehead atoms. The molecule has 98 valence electrons. The van der Waals surface area contributed by atoms with E-state index < -0.39 is 0 Å². The van der Waals surface area contributed by atoms with Crippen LogP contribution in [0.4, 0.5) is 5.69 Å². The molecule has 0 heterocycles. The van der Waals surface area contributed by atoms with Crippen molar-refractivity contribution in [2.24, 2.45) is 0 Å².